The normalized spacial score (nSPS) is 12.9. The molecule has 2 amide bonds. The monoisotopic (exact) mass is 488 g/mol. The van der Waals surface area contributed by atoms with Crippen molar-refractivity contribution in [3.05, 3.63) is 81.2 Å². The number of nitrogens with zero attached hydrogens (tertiary/aromatic N) is 3. The molecule has 35 heavy (non-hydrogen) atoms. The van der Waals surface area contributed by atoms with Crippen molar-refractivity contribution in [2.45, 2.75) is 26.3 Å². The summed E-state index contributed by atoms with van der Waals surface area (Å²) >= 11 is 1.22. The maximum Gasteiger partial charge on any atom is 0.268 e. The van der Waals surface area contributed by atoms with E-state index in [0.717, 1.165) is 24.1 Å². The number of methoxy groups -OCH3 is 1. The number of anilines is 2. The third kappa shape index (κ3) is 4.19. The summed E-state index contributed by atoms with van der Waals surface area (Å²) in [5.41, 5.74) is 2.82. The Kier molecular flexibility index (Phi) is 6.08. The van der Waals surface area contributed by atoms with Crippen LogP contribution in [0.5, 0.6) is 5.75 Å². The van der Waals surface area contributed by atoms with Crippen LogP contribution in [-0.2, 0) is 17.8 Å². The van der Waals surface area contributed by atoms with Crippen LogP contribution in [0.1, 0.15) is 27.2 Å². The van der Waals surface area contributed by atoms with Crippen LogP contribution in [0, 0.1) is 6.92 Å². The van der Waals surface area contributed by atoms with Gasteiger partial charge in [0.25, 0.3) is 11.5 Å². The number of aromatic nitrogens is 2. The summed E-state index contributed by atoms with van der Waals surface area (Å²) in [7, 11) is 1.52. The van der Waals surface area contributed by atoms with E-state index < -0.39 is 0 Å². The number of rotatable bonds is 5. The van der Waals surface area contributed by atoms with Crippen molar-refractivity contribution in [1.82, 2.24) is 9.55 Å². The van der Waals surface area contributed by atoms with Gasteiger partial charge in [0.05, 0.1) is 29.4 Å². The molecule has 4 aromatic rings. The quantitative estimate of drug-likeness (QED) is 0.458. The van der Waals surface area contributed by atoms with Gasteiger partial charge in [0, 0.05) is 12.2 Å². The lowest BCUT2D eigenvalue weighted by atomic mass is 10.0. The number of nitrogens with one attached hydrogen (secondary N) is 1. The second-order valence-electron chi connectivity index (χ2n) is 8.35. The van der Waals surface area contributed by atoms with E-state index in [1.54, 1.807) is 36.1 Å². The number of amides is 2. The van der Waals surface area contributed by atoms with Crippen molar-refractivity contribution in [3.63, 3.8) is 0 Å². The zero-order valence-corrected chi connectivity index (χ0v) is 20.2. The molecule has 0 unspecified atom stereocenters. The zero-order valence-electron chi connectivity index (χ0n) is 19.4. The fraction of sp³-hybridized carbons (Fsp3) is 0.231. The van der Waals surface area contributed by atoms with Crippen molar-refractivity contribution in [3.8, 4) is 5.75 Å². The molecule has 0 atom stereocenters. The molecule has 1 N–H and O–H groups in total. The zero-order chi connectivity index (χ0) is 24.5. The predicted molar refractivity (Wildman–Crippen MR) is 137 cm³/mol. The Morgan fingerprint density at radius 2 is 1.91 bits per heavy atom. The lowest BCUT2D eigenvalue weighted by molar-refractivity contribution is -0.116. The third-order valence-electron chi connectivity index (χ3n) is 6.16. The molecule has 3 heterocycles. The molecule has 0 saturated carbocycles. The molecule has 0 fully saturated rings. The van der Waals surface area contributed by atoms with Crippen molar-refractivity contribution in [2.24, 2.45) is 0 Å². The molecule has 9 heteroatoms. The van der Waals surface area contributed by atoms with Crippen LogP contribution in [0.2, 0.25) is 0 Å². The minimum Gasteiger partial charge on any atom is -0.495 e. The number of para-hydroxylation sites is 3. The van der Waals surface area contributed by atoms with Crippen LogP contribution >= 0.6 is 11.3 Å². The Bertz CT molecular complexity index is 1510. The number of thiophene rings is 1. The number of fused-ring (bicyclic) bond motifs is 2. The highest BCUT2D eigenvalue weighted by Gasteiger charge is 2.27. The first-order chi connectivity index (χ1) is 17.0. The van der Waals surface area contributed by atoms with Gasteiger partial charge < -0.3 is 15.0 Å². The van der Waals surface area contributed by atoms with E-state index in [1.165, 1.54) is 29.3 Å². The van der Waals surface area contributed by atoms with E-state index in [4.69, 9.17) is 4.74 Å². The summed E-state index contributed by atoms with van der Waals surface area (Å²) in [4.78, 5) is 46.6. The first kappa shape index (κ1) is 22.8. The molecule has 0 radical (unpaired) electrons. The van der Waals surface area contributed by atoms with Gasteiger partial charge in [-0.3, -0.25) is 19.0 Å². The summed E-state index contributed by atoms with van der Waals surface area (Å²) < 4.78 is 6.52. The molecule has 5 rings (SSSR count). The highest BCUT2D eigenvalue weighted by molar-refractivity contribution is 7.20. The predicted octanol–water partition coefficient (Wildman–Crippen LogP) is 4.01. The smallest absolute Gasteiger partial charge is 0.268 e. The summed E-state index contributed by atoms with van der Waals surface area (Å²) in [5.74, 6) is 0.0160. The maximum absolute atomic E-state index is 13.5. The Hall–Kier alpha value is -3.98. The van der Waals surface area contributed by atoms with E-state index in [1.807, 2.05) is 24.3 Å². The van der Waals surface area contributed by atoms with E-state index in [-0.39, 0.29) is 23.9 Å². The van der Waals surface area contributed by atoms with Crippen molar-refractivity contribution in [2.75, 3.05) is 23.9 Å². The summed E-state index contributed by atoms with van der Waals surface area (Å²) in [6, 6.07) is 15.0. The van der Waals surface area contributed by atoms with Crippen molar-refractivity contribution >= 4 is 44.7 Å². The lowest BCUT2D eigenvalue weighted by Gasteiger charge is -2.29. The highest BCUT2D eigenvalue weighted by atomic mass is 32.1. The second-order valence-corrected chi connectivity index (χ2v) is 9.35. The van der Waals surface area contributed by atoms with Gasteiger partial charge >= 0.3 is 0 Å². The van der Waals surface area contributed by atoms with Gasteiger partial charge in [-0.1, -0.05) is 30.3 Å². The average molecular weight is 489 g/mol. The molecular formula is C26H24N4O4S. The van der Waals surface area contributed by atoms with Gasteiger partial charge in [-0.15, -0.1) is 11.3 Å². The average Bonchev–Trinajstić information content (AvgIpc) is 3.22. The van der Waals surface area contributed by atoms with Crippen LogP contribution in [0.15, 0.2) is 59.7 Å². The van der Waals surface area contributed by atoms with Crippen LogP contribution in [-0.4, -0.2) is 35.0 Å². The lowest BCUT2D eigenvalue weighted by Crippen LogP contribution is -2.35. The van der Waals surface area contributed by atoms with Crippen LogP contribution < -0.4 is 20.5 Å². The molecule has 0 aliphatic carbocycles. The summed E-state index contributed by atoms with van der Waals surface area (Å²) in [5, 5.41) is 3.14. The van der Waals surface area contributed by atoms with Gasteiger partial charge in [0.2, 0.25) is 5.91 Å². The van der Waals surface area contributed by atoms with E-state index in [2.05, 4.69) is 10.3 Å². The van der Waals surface area contributed by atoms with Gasteiger partial charge in [-0.2, -0.15) is 0 Å². The van der Waals surface area contributed by atoms with Gasteiger partial charge in [0.15, 0.2) is 0 Å². The third-order valence-corrected chi connectivity index (χ3v) is 7.35. The maximum atomic E-state index is 13.5. The number of carbonyl (C=O) groups excluding carboxylic acids is 2. The largest absolute Gasteiger partial charge is 0.495 e. The molecule has 0 saturated heterocycles. The summed E-state index contributed by atoms with van der Waals surface area (Å²) in [6.45, 7) is 2.19. The van der Waals surface area contributed by atoms with E-state index in [9.17, 15) is 14.4 Å². The Morgan fingerprint density at radius 3 is 2.74 bits per heavy atom. The van der Waals surface area contributed by atoms with Gasteiger partial charge in [-0.05, 0) is 49.1 Å². The number of carbonyl (C=O) groups is 2. The number of hydrogen-bond donors (Lipinski definition) is 1. The second kappa shape index (κ2) is 9.34. The minimum absolute atomic E-state index is 0.127. The summed E-state index contributed by atoms with van der Waals surface area (Å²) in [6.07, 6.45) is 3.18. The molecule has 1 aliphatic heterocycles. The van der Waals surface area contributed by atoms with Crippen molar-refractivity contribution in [1.29, 1.82) is 0 Å². The number of hydrogen-bond acceptors (Lipinski definition) is 6. The Morgan fingerprint density at radius 1 is 1.14 bits per heavy atom. The Balaban J connectivity index is 1.44. The molecular weight excluding hydrogens is 464 g/mol. The molecule has 0 bridgehead atoms. The standard InChI is InChI=1S/C26H24N4O4S/c1-16-22-24(35-23(16)26(33)30-13-7-9-17-8-3-5-11-19(17)30)27-15-29(25(22)32)14-21(31)28-18-10-4-6-12-20(18)34-2/h3-6,8,10-12,15H,7,9,13-14H2,1-2H3,(H,28,31). The fourth-order valence-electron chi connectivity index (χ4n) is 4.44. The first-order valence-electron chi connectivity index (χ1n) is 11.3. The minimum atomic E-state index is -0.383. The van der Waals surface area contributed by atoms with Gasteiger partial charge in [-0.25, -0.2) is 4.98 Å². The Labute approximate surface area is 205 Å². The molecule has 8 nitrogen and oxygen atoms in total. The molecule has 0 spiro atoms. The highest BCUT2D eigenvalue weighted by Crippen LogP contribution is 2.33. The van der Waals surface area contributed by atoms with Crippen molar-refractivity contribution < 1.29 is 14.3 Å². The number of benzene rings is 2. The molecule has 178 valence electrons. The van der Waals surface area contributed by atoms with E-state index >= 15 is 0 Å². The molecule has 1 aliphatic rings. The SMILES string of the molecule is COc1ccccc1NC(=O)Cn1cnc2sc(C(=O)N3CCCc4ccccc43)c(C)c2c1=O. The fourth-order valence-corrected chi connectivity index (χ4v) is 5.52. The molecule has 2 aromatic carbocycles. The van der Waals surface area contributed by atoms with Crippen LogP contribution in [0.3, 0.4) is 0 Å². The first-order valence-corrected chi connectivity index (χ1v) is 12.1. The molecule has 2 aromatic heterocycles. The van der Waals surface area contributed by atoms with E-state index in [0.29, 0.717) is 38.6 Å². The van der Waals surface area contributed by atoms with Crippen LogP contribution in [0.4, 0.5) is 11.4 Å². The van der Waals surface area contributed by atoms with Crippen LogP contribution in [0.25, 0.3) is 10.2 Å². The number of ether oxygens (including phenoxy) is 1. The number of aryl methyl sites for hydroxylation is 2. The topological polar surface area (TPSA) is 93.5 Å². The van der Waals surface area contributed by atoms with Gasteiger partial charge in [0.1, 0.15) is 17.1 Å².